The lowest BCUT2D eigenvalue weighted by Crippen LogP contribution is -2.22. The first-order valence-electron chi connectivity index (χ1n) is 8.09. The number of hydrogen-bond donors (Lipinski definition) is 2. The lowest BCUT2D eigenvalue weighted by Gasteiger charge is -2.15. The number of carboxylic acids is 1. The van der Waals surface area contributed by atoms with Crippen molar-refractivity contribution in [3.05, 3.63) is 59.4 Å². The van der Waals surface area contributed by atoms with Crippen LogP contribution in [0.15, 0.2) is 52.4 Å². The van der Waals surface area contributed by atoms with Gasteiger partial charge in [-0.3, -0.25) is 14.3 Å². The summed E-state index contributed by atoms with van der Waals surface area (Å²) in [5.41, 5.74) is -3.76. The van der Waals surface area contributed by atoms with E-state index in [-0.39, 0.29) is 11.6 Å². The van der Waals surface area contributed by atoms with Crippen molar-refractivity contribution in [2.24, 2.45) is 4.99 Å². The quantitative estimate of drug-likeness (QED) is 0.387. The highest BCUT2D eigenvalue weighted by Gasteiger charge is 2.35. The number of ketones is 1. The van der Waals surface area contributed by atoms with Crippen LogP contribution in [0.1, 0.15) is 22.8 Å². The van der Waals surface area contributed by atoms with Crippen LogP contribution in [0.4, 0.5) is 23.2 Å². The van der Waals surface area contributed by atoms with Crippen molar-refractivity contribution in [1.29, 1.82) is 0 Å². The summed E-state index contributed by atoms with van der Waals surface area (Å²) in [6.07, 6.45) is -5.03. The molecule has 0 saturated heterocycles. The van der Waals surface area contributed by atoms with Crippen LogP contribution in [0.3, 0.4) is 0 Å². The standard InChI is InChI=1S/C18H12F4N2O6S/c1-9(25)15(17(27)28)23-16(26)10-2-5-12(6-3-10)31(29,30)24-14-7-4-11(19)8-13(14)18(20,21)22/h2-8,24H,1H3,(H,27,28). The minimum absolute atomic E-state index is 0.132. The van der Waals surface area contributed by atoms with E-state index in [0.29, 0.717) is 12.1 Å². The molecule has 2 rings (SSSR count). The third-order valence-corrected chi connectivity index (χ3v) is 5.07. The Labute approximate surface area is 172 Å². The lowest BCUT2D eigenvalue weighted by atomic mass is 10.2. The molecule has 0 fully saturated rings. The van der Waals surface area contributed by atoms with Gasteiger partial charge in [0.1, 0.15) is 5.82 Å². The van der Waals surface area contributed by atoms with Gasteiger partial charge in [-0.25, -0.2) is 17.6 Å². The van der Waals surface area contributed by atoms with Crippen LogP contribution in [-0.2, 0) is 25.8 Å². The van der Waals surface area contributed by atoms with E-state index in [9.17, 15) is 40.4 Å². The predicted octanol–water partition coefficient (Wildman–Crippen LogP) is 2.90. The summed E-state index contributed by atoms with van der Waals surface area (Å²) in [7, 11) is -4.57. The molecule has 0 unspecified atom stereocenters. The molecular weight excluding hydrogens is 448 g/mol. The fraction of sp³-hybridized carbons (Fsp3) is 0.111. The number of Topliss-reactive ketones (excluding diaryl/α,β-unsaturated/α-hetero) is 1. The van der Waals surface area contributed by atoms with Gasteiger partial charge in [0.05, 0.1) is 16.1 Å². The third-order valence-electron chi connectivity index (χ3n) is 3.69. The molecule has 2 N–H and O–H groups in total. The van der Waals surface area contributed by atoms with Gasteiger partial charge in [-0.05, 0) is 42.5 Å². The zero-order valence-electron chi connectivity index (χ0n) is 15.4. The van der Waals surface area contributed by atoms with E-state index in [2.05, 4.69) is 4.99 Å². The van der Waals surface area contributed by atoms with E-state index in [1.165, 1.54) is 0 Å². The molecule has 0 aliphatic carbocycles. The highest BCUT2D eigenvalue weighted by atomic mass is 32.2. The molecule has 0 aliphatic heterocycles. The summed E-state index contributed by atoms with van der Waals surface area (Å²) >= 11 is 0. The Morgan fingerprint density at radius 1 is 1.03 bits per heavy atom. The SMILES string of the molecule is CC(=O)C(=NC(=O)c1ccc(S(=O)(=O)Nc2ccc(F)cc2C(F)(F)F)cc1)C(=O)O. The van der Waals surface area contributed by atoms with E-state index in [1.54, 1.807) is 4.72 Å². The maximum atomic E-state index is 13.2. The molecule has 0 spiro atoms. The second-order valence-electron chi connectivity index (χ2n) is 5.94. The molecular formula is C18H12F4N2O6S. The first-order chi connectivity index (χ1) is 14.2. The Kier molecular flexibility index (Phi) is 6.59. The molecule has 31 heavy (non-hydrogen) atoms. The summed E-state index contributed by atoms with van der Waals surface area (Å²) in [6.45, 7) is 0.881. The molecule has 0 saturated carbocycles. The topological polar surface area (TPSA) is 130 Å². The van der Waals surface area contributed by atoms with Crippen molar-refractivity contribution in [3.8, 4) is 0 Å². The van der Waals surface area contributed by atoms with Crippen molar-refractivity contribution in [2.75, 3.05) is 4.72 Å². The fourth-order valence-electron chi connectivity index (χ4n) is 2.26. The normalized spacial score (nSPS) is 12.4. The zero-order chi connectivity index (χ0) is 23.6. The molecule has 8 nitrogen and oxygen atoms in total. The summed E-state index contributed by atoms with van der Waals surface area (Å²) in [5, 5.41) is 8.83. The number of benzene rings is 2. The summed E-state index contributed by atoms with van der Waals surface area (Å²) < 4.78 is 78.8. The Morgan fingerprint density at radius 2 is 1.61 bits per heavy atom. The summed E-state index contributed by atoms with van der Waals surface area (Å²) in [5.74, 6) is -5.08. The van der Waals surface area contributed by atoms with Crippen LogP contribution in [0.2, 0.25) is 0 Å². The predicted molar refractivity (Wildman–Crippen MR) is 98.7 cm³/mol. The highest BCUT2D eigenvalue weighted by Crippen LogP contribution is 2.36. The molecule has 0 heterocycles. The molecule has 0 atom stereocenters. The van der Waals surface area contributed by atoms with Crippen LogP contribution < -0.4 is 4.72 Å². The average Bonchev–Trinajstić information content (AvgIpc) is 2.66. The number of carbonyl (C=O) groups is 3. The van der Waals surface area contributed by atoms with E-state index < -0.39 is 61.5 Å². The number of aliphatic carboxylic acids is 1. The van der Waals surface area contributed by atoms with E-state index in [1.807, 2.05) is 0 Å². The molecule has 0 bridgehead atoms. The van der Waals surface area contributed by atoms with E-state index in [0.717, 1.165) is 31.2 Å². The third kappa shape index (κ3) is 5.72. The van der Waals surface area contributed by atoms with Gasteiger partial charge in [0.15, 0.2) is 11.5 Å². The fourth-order valence-corrected chi connectivity index (χ4v) is 3.34. The molecule has 2 aromatic carbocycles. The Hall–Kier alpha value is -3.61. The van der Waals surface area contributed by atoms with Gasteiger partial charge in [-0.1, -0.05) is 0 Å². The lowest BCUT2D eigenvalue weighted by molar-refractivity contribution is -0.137. The van der Waals surface area contributed by atoms with Crippen molar-refractivity contribution in [3.63, 3.8) is 0 Å². The van der Waals surface area contributed by atoms with E-state index >= 15 is 0 Å². The van der Waals surface area contributed by atoms with Gasteiger partial charge in [0, 0.05) is 12.5 Å². The molecule has 0 aliphatic rings. The second-order valence-corrected chi connectivity index (χ2v) is 7.63. The largest absolute Gasteiger partial charge is 0.476 e. The minimum Gasteiger partial charge on any atom is -0.476 e. The number of amides is 1. The number of sulfonamides is 1. The number of rotatable bonds is 6. The van der Waals surface area contributed by atoms with Crippen molar-refractivity contribution < 1.29 is 45.5 Å². The Morgan fingerprint density at radius 3 is 2.10 bits per heavy atom. The van der Waals surface area contributed by atoms with Crippen LogP contribution in [-0.4, -0.2) is 36.9 Å². The molecule has 0 radical (unpaired) electrons. The summed E-state index contributed by atoms with van der Waals surface area (Å²) in [4.78, 5) is 36.7. The van der Waals surface area contributed by atoms with Crippen LogP contribution in [0.25, 0.3) is 0 Å². The molecule has 2 aromatic rings. The van der Waals surface area contributed by atoms with Gasteiger partial charge < -0.3 is 5.11 Å². The smallest absolute Gasteiger partial charge is 0.418 e. The zero-order valence-corrected chi connectivity index (χ0v) is 16.2. The minimum atomic E-state index is -5.03. The number of carbonyl (C=O) groups excluding carboxylic acids is 2. The van der Waals surface area contributed by atoms with Gasteiger partial charge in [-0.2, -0.15) is 18.2 Å². The first-order valence-corrected chi connectivity index (χ1v) is 9.57. The molecule has 164 valence electrons. The first kappa shape index (κ1) is 23.7. The maximum absolute atomic E-state index is 13.2. The highest BCUT2D eigenvalue weighted by molar-refractivity contribution is 7.92. The molecule has 13 heteroatoms. The van der Waals surface area contributed by atoms with E-state index in [4.69, 9.17) is 5.11 Å². The van der Waals surface area contributed by atoms with Gasteiger partial charge >= 0.3 is 12.1 Å². The number of nitrogens with one attached hydrogen (secondary N) is 1. The van der Waals surface area contributed by atoms with Gasteiger partial charge in [0.2, 0.25) is 0 Å². The van der Waals surface area contributed by atoms with Gasteiger partial charge in [-0.15, -0.1) is 0 Å². The van der Waals surface area contributed by atoms with Crippen molar-refractivity contribution in [2.45, 2.75) is 18.0 Å². The Balaban J connectivity index is 2.35. The number of hydrogen-bond acceptors (Lipinski definition) is 5. The monoisotopic (exact) mass is 460 g/mol. The number of anilines is 1. The maximum Gasteiger partial charge on any atom is 0.418 e. The number of nitrogens with zero attached hydrogens (tertiary/aromatic N) is 1. The average molecular weight is 460 g/mol. The van der Waals surface area contributed by atoms with Crippen molar-refractivity contribution >= 4 is 39.1 Å². The van der Waals surface area contributed by atoms with Crippen LogP contribution in [0, 0.1) is 5.82 Å². The summed E-state index contributed by atoms with van der Waals surface area (Å²) in [6, 6.07) is 4.95. The van der Waals surface area contributed by atoms with Gasteiger partial charge in [0.25, 0.3) is 15.9 Å². The Bertz CT molecular complexity index is 1170. The number of halogens is 4. The second kappa shape index (κ2) is 8.63. The molecule has 1 amide bonds. The van der Waals surface area contributed by atoms with Crippen molar-refractivity contribution in [1.82, 2.24) is 0 Å². The van der Waals surface area contributed by atoms with Crippen LogP contribution >= 0.6 is 0 Å². The number of alkyl halides is 3. The molecule has 0 aromatic heterocycles. The van der Waals surface area contributed by atoms with Crippen LogP contribution in [0.5, 0.6) is 0 Å². The number of aliphatic imine (C=N–C) groups is 1. The number of carboxylic acid groups (broad SMARTS) is 1.